The zero-order valence-corrected chi connectivity index (χ0v) is 13.6. The van der Waals surface area contributed by atoms with E-state index in [9.17, 15) is 8.42 Å². The van der Waals surface area contributed by atoms with Gasteiger partial charge in [-0.25, -0.2) is 8.42 Å². The molecule has 2 aromatic rings. The van der Waals surface area contributed by atoms with Crippen LogP contribution in [0.2, 0.25) is 0 Å². The third-order valence-electron chi connectivity index (χ3n) is 3.17. The number of pyridine rings is 1. The third kappa shape index (κ3) is 2.86. The maximum Gasteiger partial charge on any atom is 0.185 e. The number of hydrogen-bond acceptors (Lipinski definition) is 4. The molecule has 0 amide bonds. The van der Waals surface area contributed by atoms with Crippen molar-refractivity contribution in [1.29, 1.82) is 0 Å². The molecule has 106 valence electrons. The number of sulfone groups is 1. The smallest absolute Gasteiger partial charge is 0.185 e. The summed E-state index contributed by atoms with van der Waals surface area (Å²) in [6, 6.07) is 6.75. The Morgan fingerprint density at radius 2 is 1.90 bits per heavy atom. The molecule has 0 fully saturated rings. The minimum absolute atomic E-state index is 0.161. The molecule has 20 heavy (non-hydrogen) atoms. The standard InChI is InChI=1S/C14H15BrN2O2S/c1-9-7-17-12(10(2)14(9)16)8-20(18,19)13-6-4-3-5-11(13)15/h3-7H,8H2,1-2H3,(H2,16,17). The highest BCUT2D eigenvalue weighted by molar-refractivity contribution is 9.10. The second-order valence-electron chi connectivity index (χ2n) is 4.62. The lowest BCUT2D eigenvalue weighted by Crippen LogP contribution is -2.10. The number of aryl methyl sites for hydroxylation is 1. The van der Waals surface area contributed by atoms with Gasteiger partial charge in [-0.1, -0.05) is 12.1 Å². The Bertz CT molecular complexity index is 758. The van der Waals surface area contributed by atoms with Gasteiger partial charge in [0.2, 0.25) is 0 Å². The molecule has 0 saturated heterocycles. The van der Waals surface area contributed by atoms with Gasteiger partial charge in [0.05, 0.1) is 16.3 Å². The largest absolute Gasteiger partial charge is 0.398 e. The predicted molar refractivity (Wildman–Crippen MR) is 83.2 cm³/mol. The lowest BCUT2D eigenvalue weighted by Gasteiger charge is -2.11. The second kappa shape index (κ2) is 5.54. The van der Waals surface area contributed by atoms with E-state index in [2.05, 4.69) is 20.9 Å². The Morgan fingerprint density at radius 3 is 2.55 bits per heavy atom. The molecular formula is C14H15BrN2O2S. The molecule has 0 aliphatic carbocycles. The van der Waals surface area contributed by atoms with Gasteiger partial charge >= 0.3 is 0 Å². The minimum atomic E-state index is -3.46. The van der Waals surface area contributed by atoms with Crippen LogP contribution in [0.5, 0.6) is 0 Å². The number of halogens is 1. The summed E-state index contributed by atoms with van der Waals surface area (Å²) in [5, 5.41) is 0. The predicted octanol–water partition coefficient (Wildman–Crippen LogP) is 3.02. The van der Waals surface area contributed by atoms with Crippen LogP contribution in [0.15, 0.2) is 39.8 Å². The van der Waals surface area contributed by atoms with Crippen LogP contribution in [0.1, 0.15) is 16.8 Å². The van der Waals surface area contributed by atoms with E-state index < -0.39 is 9.84 Å². The third-order valence-corrected chi connectivity index (χ3v) is 5.81. The van der Waals surface area contributed by atoms with Gasteiger partial charge in [-0.3, -0.25) is 4.98 Å². The quantitative estimate of drug-likeness (QED) is 0.919. The van der Waals surface area contributed by atoms with Gasteiger partial charge in [0.1, 0.15) is 0 Å². The molecule has 0 bridgehead atoms. The summed E-state index contributed by atoms with van der Waals surface area (Å²) in [4.78, 5) is 4.47. The van der Waals surface area contributed by atoms with E-state index in [-0.39, 0.29) is 10.6 Å². The van der Waals surface area contributed by atoms with Crippen molar-refractivity contribution in [3.05, 3.63) is 51.8 Å². The lowest BCUT2D eigenvalue weighted by atomic mass is 10.1. The van der Waals surface area contributed by atoms with E-state index in [1.54, 1.807) is 37.4 Å². The normalized spacial score (nSPS) is 11.6. The fourth-order valence-corrected chi connectivity index (χ4v) is 4.37. The van der Waals surface area contributed by atoms with Crippen LogP contribution in [-0.2, 0) is 15.6 Å². The molecule has 0 radical (unpaired) electrons. The van der Waals surface area contributed by atoms with Gasteiger partial charge in [-0.2, -0.15) is 0 Å². The topological polar surface area (TPSA) is 73.0 Å². The van der Waals surface area contributed by atoms with Gasteiger partial charge in [0.25, 0.3) is 0 Å². The van der Waals surface area contributed by atoms with Gasteiger partial charge in [0, 0.05) is 16.4 Å². The second-order valence-corrected chi connectivity index (χ2v) is 7.43. The van der Waals surface area contributed by atoms with Crippen LogP contribution >= 0.6 is 15.9 Å². The molecule has 0 unspecified atom stereocenters. The van der Waals surface area contributed by atoms with Crippen LogP contribution in [0.3, 0.4) is 0 Å². The zero-order chi connectivity index (χ0) is 14.9. The maximum atomic E-state index is 12.5. The lowest BCUT2D eigenvalue weighted by molar-refractivity contribution is 0.594. The Labute approximate surface area is 127 Å². The fraction of sp³-hybridized carbons (Fsp3) is 0.214. The average Bonchev–Trinajstić information content (AvgIpc) is 2.40. The van der Waals surface area contributed by atoms with E-state index in [0.717, 1.165) is 11.1 Å². The number of nitrogens with two attached hydrogens (primary N) is 1. The first-order chi connectivity index (χ1) is 9.33. The Hall–Kier alpha value is -1.40. The van der Waals surface area contributed by atoms with E-state index in [1.165, 1.54) is 0 Å². The molecule has 1 heterocycles. The number of nitrogens with zero attached hydrogens (tertiary/aromatic N) is 1. The van der Waals surface area contributed by atoms with Crippen molar-refractivity contribution in [3.63, 3.8) is 0 Å². The molecule has 1 aromatic heterocycles. The highest BCUT2D eigenvalue weighted by atomic mass is 79.9. The molecule has 0 spiro atoms. The summed E-state index contributed by atoms with van der Waals surface area (Å²) in [5.41, 5.74) is 8.58. The molecule has 0 atom stereocenters. The first-order valence-corrected chi connectivity index (χ1v) is 8.45. The van der Waals surface area contributed by atoms with Crippen LogP contribution in [0, 0.1) is 13.8 Å². The van der Waals surface area contributed by atoms with Crippen molar-refractivity contribution in [2.75, 3.05) is 5.73 Å². The van der Waals surface area contributed by atoms with E-state index in [0.29, 0.717) is 15.9 Å². The molecule has 1 aromatic carbocycles. The summed E-state index contributed by atoms with van der Waals surface area (Å²) in [5.74, 6) is -0.161. The summed E-state index contributed by atoms with van der Waals surface area (Å²) in [7, 11) is -3.46. The molecule has 0 aliphatic rings. The highest BCUT2D eigenvalue weighted by Gasteiger charge is 2.20. The van der Waals surface area contributed by atoms with Gasteiger partial charge in [0.15, 0.2) is 9.84 Å². The summed E-state index contributed by atoms with van der Waals surface area (Å²) in [6.07, 6.45) is 1.60. The van der Waals surface area contributed by atoms with Crippen molar-refractivity contribution >= 4 is 31.5 Å². The van der Waals surface area contributed by atoms with Crippen LogP contribution in [-0.4, -0.2) is 13.4 Å². The van der Waals surface area contributed by atoms with Crippen LogP contribution in [0.4, 0.5) is 5.69 Å². The van der Waals surface area contributed by atoms with Crippen LogP contribution in [0.25, 0.3) is 0 Å². The zero-order valence-electron chi connectivity index (χ0n) is 11.2. The van der Waals surface area contributed by atoms with Crippen LogP contribution < -0.4 is 5.73 Å². The minimum Gasteiger partial charge on any atom is -0.398 e. The SMILES string of the molecule is Cc1cnc(CS(=O)(=O)c2ccccc2Br)c(C)c1N. The Morgan fingerprint density at radius 1 is 1.25 bits per heavy atom. The highest BCUT2D eigenvalue weighted by Crippen LogP contribution is 2.26. The number of hydrogen-bond donors (Lipinski definition) is 1. The van der Waals surface area contributed by atoms with E-state index in [1.807, 2.05) is 6.92 Å². The van der Waals surface area contributed by atoms with Crippen molar-refractivity contribution in [2.24, 2.45) is 0 Å². The molecule has 6 heteroatoms. The van der Waals surface area contributed by atoms with Crippen molar-refractivity contribution in [2.45, 2.75) is 24.5 Å². The molecule has 4 nitrogen and oxygen atoms in total. The number of nitrogen functional groups attached to an aromatic ring is 1. The molecule has 0 aliphatic heterocycles. The van der Waals surface area contributed by atoms with Crippen molar-refractivity contribution in [3.8, 4) is 0 Å². The molecular weight excluding hydrogens is 340 g/mol. The monoisotopic (exact) mass is 354 g/mol. The Kier molecular flexibility index (Phi) is 4.15. The summed E-state index contributed by atoms with van der Waals surface area (Å²) >= 11 is 3.27. The molecule has 2 N–H and O–H groups in total. The van der Waals surface area contributed by atoms with Gasteiger partial charge in [-0.15, -0.1) is 0 Å². The average molecular weight is 355 g/mol. The van der Waals surface area contributed by atoms with E-state index >= 15 is 0 Å². The summed E-state index contributed by atoms with van der Waals surface area (Å²) < 4.78 is 25.5. The number of anilines is 1. The number of rotatable bonds is 3. The van der Waals surface area contributed by atoms with Gasteiger partial charge in [-0.05, 0) is 53.0 Å². The molecule has 2 rings (SSSR count). The van der Waals surface area contributed by atoms with Gasteiger partial charge < -0.3 is 5.73 Å². The fourth-order valence-electron chi connectivity index (χ4n) is 1.89. The number of aromatic nitrogens is 1. The maximum absolute atomic E-state index is 12.5. The van der Waals surface area contributed by atoms with E-state index in [4.69, 9.17) is 5.73 Å². The van der Waals surface area contributed by atoms with Crippen molar-refractivity contribution < 1.29 is 8.42 Å². The first-order valence-electron chi connectivity index (χ1n) is 6.01. The summed E-state index contributed by atoms with van der Waals surface area (Å²) in [6.45, 7) is 3.64. The number of benzene rings is 1. The molecule has 0 saturated carbocycles. The first kappa shape index (κ1) is 15.0. The Balaban J connectivity index is 2.45. The van der Waals surface area contributed by atoms with Crippen molar-refractivity contribution in [1.82, 2.24) is 4.98 Å².